The number of benzene rings is 1. The number of alkyl halides is 2. The summed E-state index contributed by atoms with van der Waals surface area (Å²) in [4.78, 5) is 15.8. The lowest BCUT2D eigenvalue weighted by Crippen LogP contribution is -2.31. The van der Waals surface area contributed by atoms with Gasteiger partial charge >= 0.3 is 6.01 Å². The molecule has 1 aliphatic carbocycles. The molecule has 200 valence electrons. The topological polar surface area (TPSA) is 96.2 Å². The van der Waals surface area contributed by atoms with Crippen LogP contribution in [0.25, 0.3) is 11.0 Å². The van der Waals surface area contributed by atoms with Crippen LogP contribution in [0, 0.1) is 17.1 Å². The molecule has 38 heavy (non-hydrogen) atoms. The van der Waals surface area contributed by atoms with Gasteiger partial charge in [0.25, 0.3) is 6.43 Å². The predicted molar refractivity (Wildman–Crippen MR) is 135 cm³/mol. The normalized spacial score (nSPS) is 19.4. The van der Waals surface area contributed by atoms with Crippen molar-refractivity contribution in [2.45, 2.75) is 56.5 Å². The van der Waals surface area contributed by atoms with Crippen molar-refractivity contribution in [1.82, 2.24) is 19.9 Å². The second-order valence-corrected chi connectivity index (χ2v) is 9.97. The van der Waals surface area contributed by atoms with Gasteiger partial charge in [-0.1, -0.05) is 18.2 Å². The number of fused-ring (bicyclic) bond motifs is 1. The summed E-state index contributed by atoms with van der Waals surface area (Å²) in [6.45, 7) is 3.03. The fourth-order valence-corrected chi connectivity index (χ4v) is 4.97. The van der Waals surface area contributed by atoms with Gasteiger partial charge in [-0.15, -0.1) is 0 Å². The first-order valence-corrected chi connectivity index (χ1v) is 12.6. The number of anilines is 1. The number of aromatic nitrogens is 3. The Bertz CT molecular complexity index is 1390. The lowest BCUT2D eigenvalue weighted by atomic mass is 9.97. The van der Waals surface area contributed by atoms with Gasteiger partial charge in [0, 0.05) is 17.2 Å². The number of pyridine rings is 1. The van der Waals surface area contributed by atoms with E-state index in [1.807, 2.05) is 7.05 Å². The molecular formula is C27H29F3N6O2. The molecule has 2 aliphatic rings. The lowest BCUT2D eigenvalue weighted by molar-refractivity contribution is 0.146. The van der Waals surface area contributed by atoms with Gasteiger partial charge in [-0.25, -0.2) is 13.2 Å². The SMILES string of the molecule is COc1nc2nc(OC[C@H]3CCCN3C)nc(N[C@H](C)c3cccc(C(F)F)c3F)c2cc1C1(C#N)CC1. The minimum absolute atomic E-state index is 0.0713. The smallest absolute Gasteiger partial charge is 0.320 e. The largest absolute Gasteiger partial charge is 0.481 e. The summed E-state index contributed by atoms with van der Waals surface area (Å²) in [5, 5.41) is 13.4. The third kappa shape index (κ3) is 4.80. The lowest BCUT2D eigenvalue weighted by Gasteiger charge is -2.21. The highest BCUT2D eigenvalue weighted by molar-refractivity contribution is 5.88. The van der Waals surface area contributed by atoms with Crippen LogP contribution in [0.2, 0.25) is 0 Å². The highest BCUT2D eigenvalue weighted by Crippen LogP contribution is 2.51. The molecule has 3 heterocycles. The summed E-state index contributed by atoms with van der Waals surface area (Å²) in [6, 6.07) is 7.64. The number of nitrogens with one attached hydrogen (secondary N) is 1. The van der Waals surface area contributed by atoms with Gasteiger partial charge in [-0.3, -0.25) is 0 Å². The second kappa shape index (κ2) is 10.3. The van der Waals surface area contributed by atoms with E-state index in [4.69, 9.17) is 9.47 Å². The molecule has 1 N–H and O–H groups in total. The molecule has 2 atom stereocenters. The number of methoxy groups -OCH3 is 1. The Balaban J connectivity index is 1.56. The van der Waals surface area contributed by atoms with Gasteiger partial charge in [0.05, 0.1) is 35.6 Å². The molecule has 0 radical (unpaired) electrons. The summed E-state index contributed by atoms with van der Waals surface area (Å²) < 4.78 is 53.0. The number of likely N-dealkylation sites (N-methyl/N-ethyl adjacent to an activating group) is 1. The summed E-state index contributed by atoms with van der Waals surface area (Å²) in [6.07, 6.45) is 0.496. The standard InChI is InChI=1S/C27H29F3N6O2/c1-15(17-7-4-8-18(21(17)28)22(29)30)32-23-19-12-20(27(14-31)9-10-27)25(37-3)33-24(19)35-26(34-23)38-13-16-6-5-11-36(16)2/h4,7-8,12,15-16,22H,5-6,9-11,13H2,1-3H3,(H,32,33,34,35)/t15-,16-/m1/s1. The number of rotatable bonds is 9. The zero-order valence-corrected chi connectivity index (χ0v) is 21.5. The van der Waals surface area contributed by atoms with E-state index in [1.165, 1.54) is 19.2 Å². The zero-order valence-electron chi connectivity index (χ0n) is 21.5. The molecule has 0 unspecified atom stereocenters. The Kier molecular flexibility index (Phi) is 7.01. The molecule has 0 amide bonds. The molecule has 3 aromatic rings. The Morgan fingerprint density at radius 2 is 2.00 bits per heavy atom. The van der Waals surface area contributed by atoms with Crippen LogP contribution < -0.4 is 14.8 Å². The number of ether oxygens (including phenoxy) is 2. The molecule has 1 aliphatic heterocycles. The molecule has 11 heteroatoms. The number of hydrogen-bond donors (Lipinski definition) is 1. The average Bonchev–Trinajstić information content (AvgIpc) is 3.60. The first-order chi connectivity index (χ1) is 18.3. The zero-order chi connectivity index (χ0) is 27.0. The van der Waals surface area contributed by atoms with E-state index in [9.17, 15) is 18.4 Å². The van der Waals surface area contributed by atoms with Gasteiger partial charge in [0.2, 0.25) is 5.88 Å². The first kappa shape index (κ1) is 26.0. The Labute approximate surface area is 218 Å². The molecule has 5 rings (SSSR count). The predicted octanol–water partition coefficient (Wildman–Crippen LogP) is 5.31. The van der Waals surface area contributed by atoms with E-state index >= 15 is 0 Å². The Morgan fingerprint density at radius 3 is 2.63 bits per heavy atom. The maximum Gasteiger partial charge on any atom is 0.320 e. The van der Waals surface area contributed by atoms with E-state index in [-0.39, 0.29) is 23.3 Å². The van der Waals surface area contributed by atoms with Crippen LogP contribution in [-0.4, -0.2) is 53.2 Å². The van der Waals surface area contributed by atoms with Gasteiger partial charge in [0.15, 0.2) is 5.65 Å². The van der Waals surface area contributed by atoms with Crippen LogP contribution in [-0.2, 0) is 5.41 Å². The first-order valence-electron chi connectivity index (χ1n) is 12.6. The van der Waals surface area contributed by atoms with Crippen LogP contribution in [0.4, 0.5) is 19.0 Å². The van der Waals surface area contributed by atoms with Crippen molar-refractivity contribution in [1.29, 1.82) is 5.26 Å². The fourth-order valence-electron chi connectivity index (χ4n) is 4.97. The average molecular weight is 527 g/mol. The molecular weight excluding hydrogens is 497 g/mol. The van der Waals surface area contributed by atoms with Crippen LogP contribution in [0.3, 0.4) is 0 Å². The number of likely N-dealkylation sites (tertiary alicyclic amines) is 1. The third-order valence-electron chi connectivity index (χ3n) is 7.49. The minimum atomic E-state index is -2.93. The fraction of sp³-hybridized carbons (Fsp3) is 0.481. The van der Waals surface area contributed by atoms with Crippen LogP contribution in [0.5, 0.6) is 11.9 Å². The molecule has 1 aromatic carbocycles. The maximum atomic E-state index is 14.9. The summed E-state index contributed by atoms with van der Waals surface area (Å²) in [5.41, 5.74) is -0.383. The highest BCUT2D eigenvalue weighted by atomic mass is 19.3. The van der Waals surface area contributed by atoms with Crippen molar-refractivity contribution in [2.75, 3.05) is 32.6 Å². The minimum Gasteiger partial charge on any atom is -0.481 e. The quantitative estimate of drug-likeness (QED) is 0.401. The van der Waals surface area contributed by atoms with E-state index in [0.29, 0.717) is 42.1 Å². The van der Waals surface area contributed by atoms with Gasteiger partial charge in [0.1, 0.15) is 18.2 Å². The number of nitriles is 1. The van der Waals surface area contributed by atoms with Gasteiger partial charge < -0.3 is 19.7 Å². The Morgan fingerprint density at radius 1 is 1.24 bits per heavy atom. The van der Waals surface area contributed by atoms with E-state index in [1.54, 1.807) is 13.0 Å². The van der Waals surface area contributed by atoms with Crippen LogP contribution in [0.15, 0.2) is 24.3 Å². The van der Waals surface area contributed by atoms with Crippen LogP contribution >= 0.6 is 0 Å². The highest BCUT2D eigenvalue weighted by Gasteiger charge is 2.48. The number of hydrogen-bond acceptors (Lipinski definition) is 8. The summed E-state index contributed by atoms with van der Waals surface area (Å²) in [5.74, 6) is -0.376. The van der Waals surface area contributed by atoms with Crippen molar-refractivity contribution in [2.24, 2.45) is 0 Å². The Hall–Kier alpha value is -3.65. The van der Waals surface area contributed by atoms with E-state index in [2.05, 4.69) is 31.2 Å². The van der Waals surface area contributed by atoms with Gasteiger partial charge in [-0.2, -0.15) is 20.2 Å². The van der Waals surface area contributed by atoms with Gasteiger partial charge in [-0.05, 0) is 52.3 Å². The van der Waals surface area contributed by atoms with Crippen molar-refractivity contribution >= 4 is 16.9 Å². The molecule has 0 spiro atoms. The molecule has 2 aromatic heterocycles. The molecule has 0 bridgehead atoms. The van der Waals surface area contributed by atoms with Crippen molar-refractivity contribution in [3.63, 3.8) is 0 Å². The second-order valence-electron chi connectivity index (χ2n) is 9.97. The van der Waals surface area contributed by atoms with Crippen molar-refractivity contribution < 1.29 is 22.6 Å². The molecule has 1 saturated heterocycles. The molecule has 1 saturated carbocycles. The summed E-state index contributed by atoms with van der Waals surface area (Å²) in [7, 11) is 3.52. The van der Waals surface area contributed by atoms with E-state index in [0.717, 1.165) is 25.5 Å². The third-order valence-corrected chi connectivity index (χ3v) is 7.49. The van der Waals surface area contributed by atoms with E-state index < -0.39 is 29.3 Å². The number of halogens is 3. The monoisotopic (exact) mass is 526 g/mol. The maximum absolute atomic E-state index is 14.9. The van der Waals surface area contributed by atoms with Crippen molar-refractivity contribution in [3.8, 4) is 18.0 Å². The van der Waals surface area contributed by atoms with Crippen LogP contribution in [0.1, 0.15) is 61.8 Å². The molecule has 2 fully saturated rings. The molecule has 8 nitrogen and oxygen atoms in total. The van der Waals surface area contributed by atoms with Crippen molar-refractivity contribution in [3.05, 3.63) is 46.8 Å². The summed E-state index contributed by atoms with van der Waals surface area (Å²) >= 11 is 0. The number of nitrogens with zero attached hydrogens (tertiary/aromatic N) is 5.